The second-order valence-electron chi connectivity index (χ2n) is 5.51. The number of nitrogens with one attached hydrogen (secondary N) is 1. The van der Waals surface area contributed by atoms with E-state index in [0.717, 1.165) is 24.4 Å². The highest BCUT2D eigenvalue weighted by molar-refractivity contribution is 5.37. The van der Waals surface area contributed by atoms with Crippen molar-refractivity contribution >= 4 is 0 Å². The Hall–Kier alpha value is -1.74. The molecule has 1 heterocycles. The van der Waals surface area contributed by atoms with E-state index in [9.17, 15) is 0 Å². The van der Waals surface area contributed by atoms with Crippen LogP contribution in [0.3, 0.4) is 0 Å². The number of hydrogen-bond donors (Lipinski definition) is 1. The van der Waals surface area contributed by atoms with Crippen LogP contribution in [0.25, 0.3) is 0 Å². The molecule has 1 aromatic carbocycles. The fraction of sp³-hybridized carbons (Fsp3) is 0.412. The molecule has 0 spiro atoms. The zero-order valence-electron chi connectivity index (χ0n) is 12.0. The van der Waals surface area contributed by atoms with Gasteiger partial charge in [-0.1, -0.05) is 18.2 Å². The molecule has 1 fully saturated rings. The van der Waals surface area contributed by atoms with Gasteiger partial charge in [0, 0.05) is 6.04 Å². The minimum Gasteiger partial charge on any atom is -0.496 e. The lowest BCUT2D eigenvalue weighted by molar-refractivity contribution is 0.254. The minimum absolute atomic E-state index is 0.272. The summed E-state index contributed by atoms with van der Waals surface area (Å²) in [5.41, 5.74) is 1.33. The first kappa shape index (κ1) is 13.3. The van der Waals surface area contributed by atoms with Crippen LogP contribution in [-0.4, -0.2) is 13.2 Å². The molecule has 1 atom stereocenters. The van der Waals surface area contributed by atoms with Crippen LogP contribution in [0.2, 0.25) is 0 Å². The molecule has 0 aliphatic heterocycles. The highest BCUT2D eigenvalue weighted by atomic mass is 16.5. The maximum Gasteiger partial charge on any atom is 0.122 e. The Balaban J connectivity index is 1.56. The van der Waals surface area contributed by atoms with E-state index in [2.05, 4.69) is 24.4 Å². The van der Waals surface area contributed by atoms with Gasteiger partial charge in [0.25, 0.3) is 0 Å². The third kappa shape index (κ3) is 2.59. The van der Waals surface area contributed by atoms with Crippen LogP contribution in [0.4, 0.5) is 0 Å². The van der Waals surface area contributed by atoms with E-state index in [0.29, 0.717) is 12.0 Å². The molecule has 1 N–H and O–H groups in total. The lowest BCUT2D eigenvalue weighted by Gasteiger charge is -2.38. The number of rotatable bonds is 5. The standard InChI is InChI=1S/C17H21NO2/c1-12(16-8-5-9-20-16)18-14-10-13(11-14)15-6-3-4-7-17(15)19-2/h3-9,12-14,18H,10-11H2,1-2H3/t12-,13?,14?/m1/s1. The van der Waals surface area contributed by atoms with E-state index in [-0.39, 0.29) is 6.04 Å². The molecule has 3 heteroatoms. The molecule has 0 bridgehead atoms. The number of furan rings is 1. The van der Waals surface area contributed by atoms with Crippen molar-refractivity contribution < 1.29 is 9.15 Å². The zero-order valence-corrected chi connectivity index (χ0v) is 12.0. The fourth-order valence-electron chi connectivity index (χ4n) is 2.98. The van der Waals surface area contributed by atoms with Gasteiger partial charge in [0.15, 0.2) is 0 Å². The Morgan fingerprint density at radius 3 is 2.70 bits per heavy atom. The number of para-hydroxylation sites is 1. The molecule has 0 unspecified atom stereocenters. The van der Waals surface area contributed by atoms with Gasteiger partial charge < -0.3 is 14.5 Å². The summed E-state index contributed by atoms with van der Waals surface area (Å²) < 4.78 is 10.9. The minimum atomic E-state index is 0.272. The van der Waals surface area contributed by atoms with Gasteiger partial charge >= 0.3 is 0 Å². The number of ether oxygens (including phenoxy) is 1. The largest absolute Gasteiger partial charge is 0.496 e. The Labute approximate surface area is 119 Å². The first-order chi connectivity index (χ1) is 9.78. The van der Waals surface area contributed by atoms with Crippen molar-refractivity contribution in [3.63, 3.8) is 0 Å². The second kappa shape index (κ2) is 5.71. The van der Waals surface area contributed by atoms with Gasteiger partial charge in [-0.3, -0.25) is 0 Å². The first-order valence-corrected chi connectivity index (χ1v) is 7.20. The third-order valence-corrected chi connectivity index (χ3v) is 4.17. The Morgan fingerprint density at radius 2 is 2.00 bits per heavy atom. The summed E-state index contributed by atoms with van der Waals surface area (Å²) in [6, 6.07) is 13.1. The fourth-order valence-corrected chi connectivity index (χ4v) is 2.98. The van der Waals surface area contributed by atoms with Gasteiger partial charge in [0.2, 0.25) is 0 Å². The molecule has 1 aliphatic carbocycles. The predicted octanol–water partition coefficient (Wildman–Crippen LogP) is 3.89. The molecule has 106 valence electrons. The summed E-state index contributed by atoms with van der Waals surface area (Å²) in [7, 11) is 1.74. The number of methoxy groups -OCH3 is 1. The summed E-state index contributed by atoms with van der Waals surface area (Å²) >= 11 is 0. The third-order valence-electron chi connectivity index (χ3n) is 4.17. The van der Waals surface area contributed by atoms with Gasteiger partial charge in [-0.2, -0.15) is 0 Å². The summed E-state index contributed by atoms with van der Waals surface area (Å²) in [6.07, 6.45) is 4.04. The normalized spacial score (nSPS) is 23.1. The van der Waals surface area contributed by atoms with Crippen LogP contribution in [0, 0.1) is 0 Å². The summed E-state index contributed by atoms with van der Waals surface area (Å²) in [5, 5.41) is 3.62. The molecular formula is C17H21NO2. The van der Waals surface area contributed by atoms with Crippen LogP contribution in [0.1, 0.15) is 43.0 Å². The van der Waals surface area contributed by atoms with E-state index < -0.39 is 0 Å². The van der Waals surface area contributed by atoms with Crippen LogP contribution >= 0.6 is 0 Å². The Bertz CT molecular complexity index is 544. The number of benzene rings is 1. The average Bonchev–Trinajstić information content (AvgIpc) is 2.96. The second-order valence-corrected chi connectivity index (χ2v) is 5.51. The SMILES string of the molecule is COc1ccccc1C1CC(N[C@H](C)c2ccco2)C1. The summed E-state index contributed by atoms with van der Waals surface area (Å²) in [4.78, 5) is 0. The van der Waals surface area contributed by atoms with E-state index in [1.807, 2.05) is 24.3 Å². The van der Waals surface area contributed by atoms with Crippen molar-refractivity contribution in [3.8, 4) is 5.75 Å². The van der Waals surface area contributed by atoms with Crippen molar-refractivity contribution in [2.45, 2.75) is 37.8 Å². The first-order valence-electron chi connectivity index (χ1n) is 7.20. The monoisotopic (exact) mass is 271 g/mol. The molecule has 0 amide bonds. The van der Waals surface area contributed by atoms with Crippen LogP contribution in [0.15, 0.2) is 47.1 Å². The van der Waals surface area contributed by atoms with Crippen LogP contribution in [-0.2, 0) is 0 Å². The van der Waals surface area contributed by atoms with E-state index in [1.165, 1.54) is 5.56 Å². The molecule has 1 saturated carbocycles. The van der Waals surface area contributed by atoms with Gasteiger partial charge in [-0.25, -0.2) is 0 Å². The molecule has 0 saturated heterocycles. The van der Waals surface area contributed by atoms with E-state index in [4.69, 9.17) is 9.15 Å². The van der Waals surface area contributed by atoms with Gasteiger partial charge in [-0.15, -0.1) is 0 Å². The molecule has 0 radical (unpaired) electrons. The van der Waals surface area contributed by atoms with Crippen molar-refractivity contribution in [1.29, 1.82) is 0 Å². The molecule has 3 nitrogen and oxygen atoms in total. The lowest BCUT2D eigenvalue weighted by Crippen LogP contribution is -2.41. The summed E-state index contributed by atoms with van der Waals surface area (Å²) in [6.45, 7) is 2.15. The zero-order chi connectivity index (χ0) is 13.9. The van der Waals surface area contributed by atoms with Crippen molar-refractivity contribution in [2.24, 2.45) is 0 Å². The van der Waals surface area contributed by atoms with Crippen molar-refractivity contribution in [2.75, 3.05) is 7.11 Å². The van der Waals surface area contributed by atoms with Crippen molar-refractivity contribution in [3.05, 3.63) is 54.0 Å². The molecule has 1 aliphatic rings. The Morgan fingerprint density at radius 1 is 1.20 bits per heavy atom. The van der Waals surface area contributed by atoms with Crippen molar-refractivity contribution in [1.82, 2.24) is 5.32 Å². The van der Waals surface area contributed by atoms with E-state index in [1.54, 1.807) is 13.4 Å². The predicted molar refractivity (Wildman–Crippen MR) is 79.0 cm³/mol. The number of hydrogen-bond acceptors (Lipinski definition) is 3. The molecule has 1 aromatic heterocycles. The van der Waals surface area contributed by atoms with E-state index >= 15 is 0 Å². The quantitative estimate of drug-likeness (QED) is 0.896. The van der Waals surface area contributed by atoms with Crippen LogP contribution in [0.5, 0.6) is 5.75 Å². The molecule has 2 aromatic rings. The highest BCUT2D eigenvalue weighted by Crippen LogP contribution is 2.41. The topological polar surface area (TPSA) is 34.4 Å². The maximum atomic E-state index is 5.44. The molecule has 20 heavy (non-hydrogen) atoms. The molecular weight excluding hydrogens is 250 g/mol. The van der Waals surface area contributed by atoms with Gasteiger partial charge in [0.1, 0.15) is 11.5 Å². The van der Waals surface area contributed by atoms with Crippen LogP contribution < -0.4 is 10.1 Å². The van der Waals surface area contributed by atoms with Gasteiger partial charge in [-0.05, 0) is 49.4 Å². The average molecular weight is 271 g/mol. The smallest absolute Gasteiger partial charge is 0.122 e. The summed E-state index contributed by atoms with van der Waals surface area (Å²) in [5.74, 6) is 2.62. The highest BCUT2D eigenvalue weighted by Gasteiger charge is 2.33. The Kier molecular flexibility index (Phi) is 3.79. The maximum absolute atomic E-state index is 5.44. The molecule has 3 rings (SSSR count). The lowest BCUT2D eigenvalue weighted by atomic mass is 9.75. The van der Waals surface area contributed by atoms with Gasteiger partial charge in [0.05, 0.1) is 19.4 Å².